The Morgan fingerprint density at radius 2 is 1.57 bits per heavy atom. The average molecular weight is 497 g/mol. The predicted molar refractivity (Wildman–Crippen MR) is 133 cm³/mol. The Morgan fingerprint density at radius 1 is 0.914 bits per heavy atom. The molecule has 3 aromatic carbocycles. The van der Waals surface area contributed by atoms with Gasteiger partial charge in [-0.15, -0.1) is 0 Å². The van der Waals surface area contributed by atoms with Crippen molar-refractivity contribution in [3.8, 4) is 5.75 Å². The molecule has 3 aromatic rings. The highest BCUT2D eigenvalue weighted by atomic mass is 32.2. The summed E-state index contributed by atoms with van der Waals surface area (Å²) in [6.07, 6.45) is -1.26. The third kappa shape index (κ3) is 6.68. The van der Waals surface area contributed by atoms with Gasteiger partial charge in [0.2, 0.25) is 16.1 Å². The Hall–Kier alpha value is -3.69. The van der Waals surface area contributed by atoms with Crippen LogP contribution >= 0.6 is 0 Å². The molecule has 0 heterocycles. The number of aryl methyl sites for hydroxylation is 1. The number of sulfonamides is 1. The molecule has 35 heavy (non-hydrogen) atoms. The predicted octanol–water partition coefficient (Wildman–Crippen LogP) is 4.23. The minimum atomic E-state index is -3.96. The summed E-state index contributed by atoms with van der Waals surface area (Å²) in [5.74, 6) is -1.33. The number of carbonyl (C=O) groups is 2. The highest BCUT2D eigenvalue weighted by molar-refractivity contribution is 7.89. The van der Waals surface area contributed by atoms with Gasteiger partial charge in [0.25, 0.3) is 5.91 Å². The van der Waals surface area contributed by atoms with Crippen molar-refractivity contribution in [3.63, 3.8) is 0 Å². The van der Waals surface area contributed by atoms with E-state index in [1.807, 2.05) is 19.1 Å². The Kier molecular flexibility index (Phi) is 8.26. The smallest absolute Gasteiger partial charge is 0.339 e. The Labute approximate surface area is 205 Å². The first-order chi connectivity index (χ1) is 16.6. The number of benzene rings is 3. The summed E-state index contributed by atoms with van der Waals surface area (Å²) in [7, 11) is -2.63. The van der Waals surface area contributed by atoms with Crippen molar-refractivity contribution in [2.24, 2.45) is 0 Å². The second-order valence-electron chi connectivity index (χ2n) is 8.19. The van der Waals surface area contributed by atoms with Gasteiger partial charge in [-0.25, -0.2) is 17.9 Å². The van der Waals surface area contributed by atoms with Crippen LogP contribution in [0.15, 0.2) is 77.7 Å². The van der Waals surface area contributed by atoms with Gasteiger partial charge in [-0.3, -0.25) is 4.79 Å². The van der Waals surface area contributed by atoms with E-state index in [0.29, 0.717) is 11.3 Å². The summed E-state index contributed by atoms with van der Waals surface area (Å²) in [6.45, 7) is 5.29. The van der Waals surface area contributed by atoms with Crippen LogP contribution in [-0.2, 0) is 19.6 Å². The molecule has 1 unspecified atom stereocenters. The number of carbonyl (C=O) groups excluding carboxylic acids is 2. The second kappa shape index (κ2) is 11.2. The number of esters is 1. The van der Waals surface area contributed by atoms with Crippen molar-refractivity contribution >= 4 is 27.6 Å². The molecule has 0 aliphatic carbocycles. The molecule has 0 saturated carbocycles. The fraction of sp³-hybridized carbons (Fsp3) is 0.231. The number of methoxy groups -OCH3 is 1. The highest BCUT2D eigenvalue weighted by Gasteiger charge is 2.28. The topological polar surface area (TPSA) is 111 Å². The second-order valence-corrected chi connectivity index (χ2v) is 9.88. The quantitative estimate of drug-likeness (QED) is 0.429. The van der Waals surface area contributed by atoms with Crippen LogP contribution in [0.1, 0.15) is 41.4 Å². The number of hydrogen-bond donors (Lipinski definition) is 2. The number of nitrogens with one attached hydrogen (secondary N) is 2. The first kappa shape index (κ1) is 25.9. The number of ether oxygens (including phenoxy) is 2. The van der Waals surface area contributed by atoms with Gasteiger partial charge >= 0.3 is 5.97 Å². The van der Waals surface area contributed by atoms with Crippen LogP contribution in [-0.4, -0.2) is 33.4 Å². The molecule has 0 fully saturated rings. The number of rotatable bonds is 9. The van der Waals surface area contributed by atoms with Gasteiger partial charge in [-0.05, 0) is 51.1 Å². The zero-order valence-electron chi connectivity index (χ0n) is 19.9. The maximum atomic E-state index is 13.1. The van der Waals surface area contributed by atoms with Gasteiger partial charge in [0.05, 0.1) is 12.7 Å². The number of anilines is 1. The van der Waals surface area contributed by atoms with E-state index in [1.165, 1.54) is 25.3 Å². The van der Waals surface area contributed by atoms with Crippen LogP contribution in [0, 0.1) is 6.92 Å². The Balaban J connectivity index is 1.92. The molecule has 2 N–H and O–H groups in total. The Bertz CT molecular complexity index is 1290. The average Bonchev–Trinajstić information content (AvgIpc) is 2.83. The van der Waals surface area contributed by atoms with E-state index in [2.05, 4.69) is 10.0 Å². The molecule has 0 aliphatic heterocycles. The SMILES string of the molecule is COc1ccc(C(=O)OC(C(=O)Nc2ccc(C)cc2)c2ccccc2)cc1S(=O)(=O)NC(C)C. The van der Waals surface area contributed by atoms with Crippen LogP contribution in [0.25, 0.3) is 0 Å². The van der Waals surface area contributed by atoms with Crippen molar-refractivity contribution < 1.29 is 27.5 Å². The standard InChI is InChI=1S/C26H28N2O6S/c1-17(2)28-35(31,32)23-16-20(12-15-22(23)33-4)26(30)34-24(19-8-6-5-7-9-19)25(29)27-21-13-10-18(3)11-14-21/h5-17,24,28H,1-4H3,(H,27,29). The van der Waals surface area contributed by atoms with Crippen molar-refractivity contribution in [2.45, 2.75) is 37.8 Å². The zero-order valence-corrected chi connectivity index (χ0v) is 20.8. The molecule has 3 rings (SSSR count). The number of hydrogen-bond acceptors (Lipinski definition) is 6. The van der Waals surface area contributed by atoms with Crippen molar-refractivity contribution in [1.82, 2.24) is 4.72 Å². The molecule has 9 heteroatoms. The molecular formula is C26H28N2O6S. The fourth-order valence-corrected chi connectivity index (χ4v) is 4.75. The van der Waals surface area contributed by atoms with Crippen LogP contribution in [0.2, 0.25) is 0 Å². The van der Waals surface area contributed by atoms with Crippen molar-refractivity contribution in [1.29, 1.82) is 0 Å². The molecular weight excluding hydrogens is 468 g/mol. The van der Waals surface area contributed by atoms with E-state index in [1.54, 1.807) is 56.3 Å². The van der Waals surface area contributed by atoms with E-state index in [4.69, 9.17) is 9.47 Å². The minimum Gasteiger partial charge on any atom is -0.495 e. The molecule has 1 atom stereocenters. The Morgan fingerprint density at radius 3 is 2.17 bits per heavy atom. The molecule has 184 valence electrons. The molecule has 1 amide bonds. The van der Waals surface area contributed by atoms with E-state index < -0.39 is 28.0 Å². The van der Waals surface area contributed by atoms with Crippen LogP contribution in [0.4, 0.5) is 5.69 Å². The van der Waals surface area contributed by atoms with Crippen LogP contribution in [0.5, 0.6) is 5.75 Å². The van der Waals surface area contributed by atoms with Crippen LogP contribution in [0.3, 0.4) is 0 Å². The first-order valence-corrected chi connectivity index (χ1v) is 12.4. The van der Waals surface area contributed by atoms with E-state index in [0.717, 1.165) is 5.56 Å². The maximum absolute atomic E-state index is 13.1. The summed E-state index contributed by atoms with van der Waals surface area (Å²) in [4.78, 5) is 26.0. The van der Waals surface area contributed by atoms with Gasteiger partial charge in [-0.1, -0.05) is 48.0 Å². The molecule has 0 spiro atoms. The molecule has 0 saturated heterocycles. The summed E-state index contributed by atoms with van der Waals surface area (Å²) in [6, 6.07) is 19.3. The number of amides is 1. The first-order valence-electron chi connectivity index (χ1n) is 10.9. The van der Waals surface area contributed by atoms with Crippen molar-refractivity contribution in [2.75, 3.05) is 12.4 Å². The molecule has 0 aliphatic rings. The van der Waals surface area contributed by atoms with Gasteiger partial charge < -0.3 is 14.8 Å². The summed E-state index contributed by atoms with van der Waals surface area (Å²) < 4.78 is 38.8. The lowest BCUT2D eigenvalue weighted by atomic mass is 10.1. The lowest BCUT2D eigenvalue weighted by Gasteiger charge is -2.19. The van der Waals surface area contributed by atoms with E-state index in [-0.39, 0.29) is 22.3 Å². The normalized spacial score (nSPS) is 12.1. The lowest BCUT2D eigenvalue weighted by Crippen LogP contribution is -2.30. The van der Waals surface area contributed by atoms with Gasteiger partial charge in [0.1, 0.15) is 10.6 Å². The maximum Gasteiger partial charge on any atom is 0.339 e. The molecule has 0 aromatic heterocycles. The van der Waals surface area contributed by atoms with Crippen molar-refractivity contribution in [3.05, 3.63) is 89.5 Å². The molecule has 8 nitrogen and oxygen atoms in total. The van der Waals surface area contributed by atoms with Crippen LogP contribution < -0.4 is 14.8 Å². The van der Waals surface area contributed by atoms with Gasteiger partial charge in [0, 0.05) is 17.3 Å². The van der Waals surface area contributed by atoms with E-state index in [9.17, 15) is 18.0 Å². The van der Waals surface area contributed by atoms with Gasteiger partial charge in [-0.2, -0.15) is 0 Å². The fourth-order valence-electron chi connectivity index (χ4n) is 3.31. The molecule has 0 bridgehead atoms. The monoisotopic (exact) mass is 496 g/mol. The third-order valence-corrected chi connectivity index (χ3v) is 6.64. The zero-order chi connectivity index (χ0) is 25.6. The van der Waals surface area contributed by atoms with E-state index >= 15 is 0 Å². The van der Waals surface area contributed by atoms with Gasteiger partial charge in [0.15, 0.2) is 0 Å². The highest BCUT2D eigenvalue weighted by Crippen LogP contribution is 2.27. The minimum absolute atomic E-state index is 0.0426. The third-order valence-electron chi connectivity index (χ3n) is 4.96. The summed E-state index contributed by atoms with van der Waals surface area (Å²) in [5, 5.41) is 2.76. The largest absolute Gasteiger partial charge is 0.495 e. The summed E-state index contributed by atoms with van der Waals surface area (Å²) >= 11 is 0. The lowest BCUT2D eigenvalue weighted by molar-refractivity contribution is -0.125. The summed E-state index contributed by atoms with van der Waals surface area (Å²) in [5.41, 5.74) is 2.01. The molecule has 0 radical (unpaired) electrons.